The van der Waals surface area contributed by atoms with Gasteiger partial charge < -0.3 is 15.0 Å². The Bertz CT molecular complexity index is 292. The van der Waals surface area contributed by atoms with E-state index in [2.05, 4.69) is 0 Å². The first-order valence-corrected chi connectivity index (χ1v) is 3.61. The van der Waals surface area contributed by atoms with Crippen molar-refractivity contribution in [3.63, 3.8) is 0 Å². The molecule has 1 rings (SSSR count). The number of carbonyl (C=O) groups is 1. The summed E-state index contributed by atoms with van der Waals surface area (Å²) < 4.78 is 0. The second kappa shape index (κ2) is 3.36. The van der Waals surface area contributed by atoms with Crippen LogP contribution in [-0.2, 0) is 0 Å². The average molecular weight is 165 g/mol. The third-order valence-electron chi connectivity index (χ3n) is 1.63. The minimum Gasteiger partial charge on any atom is -0.545 e. The molecule has 1 atom stereocenters. The summed E-state index contributed by atoms with van der Waals surface area (Å²) in [6.45, 7) is 1.52. The van der Waals surface area contributed by atoms with E-state index in [-0.39, 0.29) is 5.56 Å². The Balaban J connectivity index is 3.17. The van der Waals surface area contributed by atoms with E-state index in [0.29, 0.717) is 5.56 Å². The average Bonchev–Trinajstić information content (AvgIpc) is 2.04. The molecule has 0 saturated heterocycles. The molecule has 12 heavy (non-hydrogen) atoms. The van der Waals surface area contributed by atoms with Gasteiger partial charge in [-0.05, 0) is 12.5 Å². The van der Waals surface area contributed by atoms with Gasteiger partial charge >= 0.3 is 0 Å². The van der Waals surface area contributed by atoms with Crippen LogP contribution < -0.4 is 5.11 Å². The molecule has 1 aromatic rings. The van der Waals surface area contributed by atoms with Crippen molar-refractivity contribution >= 4 is 5.97 Å². The fourth-order valence-corrected chi connectivity index (χ4v) is 1.05. The molecule has 1 unspecified atom stereocenters. The Morgan fingerprint density at radius 1 is 1.50 bits per heavy atom. The van der Waals surface area contributed by atoms with Gasteiger partial charge in [0.1, 0.15) is 0 Å². The van der Waals surface area contributed by atoms with Crippen LogP contribution >= 0.6 is 0 Å². The Morgan fingerprint density at radius 2 is 2.08 bits per heavy atom. The number of aromatic carboxylic acids is 1. The van der Waals surface area contributed by atoms with Crippen LogP contribution in [0.4, 0.5) is 0 Å². The van der Waals surface area contributed by atoms with Crippen molar-refractivity contribution in [3.8, 4) is 0 Å². The summed E-state index contributed by atoms with van der Waals surface area (Å²) in [6.07, 6.45) is -0.779. The summed E-state index contributed by atoms with van der Waals surface area (Å²) in [5.41, 5.74) is 0.435. The van der Waals surface area contributed by atoms with E-state index in [1.54, 1.807) is 18.2 Å². The molecule has 0 spiro atoms. The molecule has 0 aliphatic heterocycles. The van der Waals surface area contributed by atoms with Crippen LogP contribution in [0.2, 0.25) is 0 Å². The van der Waals surface area contributed by atoms with Crippen molar-refractivity contribution in [2.45, 2.75) is 13.0 Å². The molecule has 0 fully saturated rings. The quantitative estimate of drug-likeness (QED) is 0.676. The topological polar surface area (TPSA) is 60.4 Å². The van der Waals surface area contributed by atoms with Crippen LogP contribution in [0, 0.1) is 0 Å². The number of hydrogen-bond donors (Lipinski definition) is 1. The van der Waals surface area contributed by atoms with Crippen LogP contribution in [-0.4, -0.2) is 11.1 Å². The van der Waals surface area contributed by atoms with Crippen molar-refractivity contribution in [3.05, 3.63) is 35.4 Å². The molecule has 0 bridgehead atoms. The van der Waals surface area contributed by atoms with Gasteiger partial charge in [-0.1, -0.05) is 24.3 Å². The van der Waals surface area contributed by atoms with Crippen molar-refractivity contribution in [2.24, 2.45) is 0 Å². The fourth-order valence-electron chi connectivity index (χ4n) is 1.05. The first-order chi connectivity index (χ1) is 5.63. The standard InChI is InChI=1S/C9H10O3/c1-6(10)7-4-2-3-5-8(7)9(11)12/h2-6,10H,1H3,(H,11,12)/p-1. The molecular weight excluding hydrogens is 156 g/mol. The third kappa shape index (κ3) is 1.62. The van der Waals surface area contributed by atoms with Gasteiger partial charge in [0.25, 0.3) is 0 Å². The van der Waals surface area contributed by atoms with Gasteiger partial charge in [0.05, 0.1) is 12.1 Å². The van der Waals surface area contributed by atoms with Gasteiger partial charge in [0.15, 0.2) is 0 Å². The molecule has 0 aliphatic rings. The molecular formula is C9H9O3-. The van der Waals surface area contributed by atoms with E-state index in [1.807, 2.05) is 0 Å². The van der Waals surface area contributed by atoms with E-state index in [4.69, 9.17) is 5.11 Å². The molecule has 1 N–H and O–H groups in total. The SMILES string of the molecule is CC(O)c1ccccc1C(=O)[O-]. The number of carbonyl (C=O) groups excluding carboxylic acids is 1. The van der Waals surface area contributed by atoms with E-state index < -0.39 is 12.1 Å². The Kier molecular flexibility index (Phi) is 2.45. The summed E-state index contributed by atoms with van der Waals surface area (Å²) in [7, 11) is 0. The van der Waals surface area contributed by atoms with Gasteiger partial charge in [-0.3, -0.25) is 0 Å². The normalized spacial score (nSPS) is 12.5. The lowest BCUT2D eigenvalue weighted by Crippen LogP contribution is -2.24. The van der Waals surface area contributed by atoms with Crippen LogP contribution in [0.1, 0.15) is 28.9 Å². The zero-order chi connectivity index (χ0) is 9.14. The second-order valence-electron chi connectivity index (χ2n) is 2.55. The highest BCUT2D eigenvalue weighted by Crippen LogP contribution is 2.16. The molecule has 0 saturated carbocycles. The lowest BCUT2D eigenvalue weighted by molar-refractivity contribution is -0.255. The molecule has 0 amide bonds. The summed E-state index contributed by atoms with van der Waals surface area (Å²) in [6, 6.07) is 6.25. The molecule has 0 heterocycles. The number of carboxylic acid groups (broad SMARTS) is 1. The minimum absolute atomic E-state index is 0.0486. The number of benzene rings is 1. The van der Waals surface area contributed by atoms with Gasteiger partial charge in [0.2, 0.25) is 0 Å². The molecule has 3 nitrogen and oxygen atoms in total. The van der Waals surface area contributed by atoms with E-state index in [1.165, 1.54) is 13.0 Å². The van der Waals surface area contributed by atoms with Crippen molar-refractivity contribution in [1.29, 1.82) is 0 Å². The van der Waals surface area contributed by atoms with Gasteiger partial charge in [-0.2, -0.15) is 0 Å². The zero-order valence-electron chi connectivity index (χ0n) is 6.65. The van der Waals surface area contributed by atoms with Gasteiger partial charge in [-0.15, -0.1) is 0 Å². The highest BCUT2D eigenvalue weighted by atomic mass is 16.4. The highest BCUT2D eigenvalue weighted by Gasteiger charge is 2.06. The molecule has 0 aliphatic carbocycles. The highest BCUT2D eigenvalue weighted by molar-refractivity contribution is 5.87. The lowest BCUT2D eigenvalue weighted by atomic mass is 10.0. The van der Waals surface area contributed by atoms with Crippen LogP contribution in [0.15, 0.2) is 24.3 Å². The summed E-state index contributed by atoms with van der Waals surface area (Å²) >= 11 is 0. The first kappa shape index (κ1) is 8.74. The molecule has 0 radical (unpaired) electrons. The molecule has 1 aromatic carbocycles. The maximum atomic E-state index is 10.5. The largest absolute Gasteiger partial charge is 0.545 e. The van der Waals surface area contributed by atoms with Crippen LogP contribution in [0.5, 0.6) is 0 Å². The number of rotatable bonds is 2. The van der Waals surface area contributed by atoms with Gasteiger partial charge in [0, 0.05) is 5.56 Å². The lowest BCUT2D eigenvalue weighted by Gasteiger charge is -2.11. The first-order valence-electron chi connectivity index (χ1n) is 3.61. The summed E-state index contributed by atoms with van der Waals surface area (Å²) in [5, 5.41) is 19.7. The van der Waals surface area contributed by atoms with E-state index >= 15 is 0 Å². The summed E-state index contributed by atoms with van der Waals surface area (Å²) in [4.78, 5) is 10.5. The Labute approximate surface area is 70.3 Å². The van der Waals surface area contributed by atoms with Crippen LogP contribution in [0.3, 0.4) is 0 Å². The molecule has 64 valence electrons. The van der Waals surface area contributed by atoms with Crippen molar-refractivity contribution in [1.82, 2.24) is 0 Å². The molecule has 3 heteroatoms. The minimum atomic E-state index is -1.26. The zero-order valence-corrected chi connectivity index (χ0v) is 6.65. The fraction of sp³-hybridized carbons (Fsp3) is 0.222. The van der Waals surface area contributed by atoms with Crippen molar-refractivity contribution < 1.29 is 15.0 Å². The maximum Gasteiger partial charge on any atom is 0.0768 e. The van der Waals surface area contributed by atoms with Crippen LogP contribution in [0.25, 0.3) is 0 Å². The predicted octanol–water partition coefficient (Wildman–Crippen LogP) is 0.103. The molecule has 0 aromatic heterocycles. The maximum absolute atomic E-state index is 10.5. The van der Waals surface area contributed by atoms with E-state index in [9.17, 15) is 9.90 Å². The summed E-state index contributed by atoms with van der Waals surface area (Å²) in [5.74, 6) is -1.26. The Morgan fingerprint density at radius 3 is 2.50 bits per heavy atom. The second-order valence-corrected chi connectivity index (χ2v) is 2.55. The smallest absolute Gasteiger partial charge is 0.0768 e. The monoisotopic (exact) mass is 165 g/mol. The number of carboxylic acids is 1. The number of aliphatic hydroxyl groups is 1. The Hall–Kier alpha value is -1.35. The van der Waals surface area contributed by atoms with Gasteiger partial charge in [-0.25, -0.2) is 0 Å². The third-order valence-corrected chi connectivity index (χ3v) is 1.63. The van der Waals surface area contributed by atoms with Crippen molar-refractivity contribution in [2.75, 3.05) is 0 Å². The number of hydrogen-bond acceptors (Lipinski definition) is 3. The van der Waals surface area contributed by atoms with E-state index in [0.717, 1.165) is 0 Å². The predicted molar refractivity (Wildman–Crippen MR) is 41.4 cm³/mol. The number of aliphatic hydroxyl groups excluding tert-OH is 1.